The Morgan fingerprint density at radius 2 is 1.40 bits per heavy atom. The molecule has 1 aromatic heterocycles. The van der Waals surface area contributed by atoms with E-state index >= 15 is 0 Å². The zero-order valence-corrected chi connectivity index (χ0v) is 13.2. The van der Waals surface area contributed by atoms with E-state index in [0.29, 0.717) is 0 Å². The maximum absolute atomic E-state index is 12.7. The number of carbonyl (C=O) groups excluding carboxylic acids is 1. The minimum absolute atomic E-state index is 0.109. The number of rotatable bonds is 0. The molecule has 1 heterocycles. The summed E-state index contributed by atoms with van der Waals surface area (Å²) in [6, 6.07) is 24.2. The van der Waals surface area contributed by atoms with Gasteiger partial charge in [0, 0.05) is 27.3 Å². The van der Waals surface area contributed by atoms with Gasteiger partial charge in [0.25, 0.3) is 0 Å². The Hall–Kier alpha value is -3.39. The number of ketones is 1. The van der Waals surface area contributed by atoms with Gasteiger partial charge in [0.2, 0.25) is 0 Å². The van der Waals surface area contributed by atoms with Crippen molar-refractivity contribution in [2.24, 2.45) is 0 Å². The van der Waals surface area contributed by atoms with Crippen LogP contribution in [0.5, 0.6) is 0 Å². The fraction of sp³-hybridized carbons (Fsp3) is 0. The Morgan fingerprint density at radius 3 is 2.32 bits per heavy atom. The van der Waals surface area contributed by atoms with Crippen LogP contribution in [-0.4, -0.2) is 5.78 Å². The van der Waals surface area contributed by atoms with Crippen LogP contribution < -0.4 is 0 Å². The molecule has 0 amide bonds. The predicted molar refractivity (Wildman–Crippen MR) is 100 cm³/mol. The molecule has 0 spiro atoms. The van der Waals surface area contributed by atoms with E-state index in [1.54, 1.807) is 0 Å². The van der Waals surface area contributed by atoms with Crippen LogP contribution in [0.15, 0.2) is 77.2 Å². The first-order valence-electron chi connectivity index (χ1n) is 8.33. The summed E-state index contributed by atoms with van der Waals surface area (Å²) < 4.78 is 6.16. The molecule has 0 saturated carbocycles. The van der Waals surface area contributed by atoms with Crippen molar-refractivity contribution in [1.82, 2.24) is 0 Å². The summed E-state index contributed by atoms with van der Waals surface area (Å²) in [6.07, 6.45) is 0. The normalized spacial score (nSPS) is 12.9. The van der Waals surface area contributed by atoms with Crippen molar-refractivity contribution in [3.8, 4) is 11.1 Å². The maximum atomic E-state index is 12.7. The third-order valence-electron chi connectivity index (χ3n) is 5.20. The molecule has 0 unspecified atom stereocenters. The predicted octanol–water partition coefficient (Wildman–Crippen LogP) is 5.95. The summed E-state index contributed by atoms with van der Waals surface area (Å²) in [7, 11) is 0. The molecule has 0 saturated heterocycles. The largest absolute Gasteiger partial charge is 0.455 e. The van der Waals surface area contributed by atoms with E-state index in [2.05, 4.69) is 24.3 Å². The van der Waals surface area contributed by atoms with Crippen LogP contribution in [0.1, 0.15) is 15.9 Å². The van der Waals surface area contributed by atoms with Crippen molar-refractivity contribution in [2.75, 3.05) is 0 Å². The van der Waals surface area contributed by atoms with Crippen molar-refractivity contribution < 1.29 is 9.21 Å². The lowest BCUT2D eigenvalue weighted by Gasteiger charge is -2.04. The Labute approximate surface area is 143 Å². The monoisotopic (exact) mass is 320 g/mol. The second kappa shape index (κ2) is 4.37. The zero-order chi connectivity index (χ0) is 16.5. The SMILES string of the molecule is O=C1c2ccccc2-c2cc3c(ccc4c5ccccc5oc34)cc21. The van der Waals surface area contributed by atoms with Gasteiger partial charge >= 0.3 is 0 Å². The van der Waals surface area contributed by atoms with Gasteiger partial charge in [-0.3, -0.25) is 4.79 Å². The van der Waals surface area contributed by atoms with Gasteiger partial charge in [0.15, 0.2) is 5.78 Å². The molecule has 0 bridgehead atoms. The number of para-hydroxylation sites is 1. The topological polar surface area (TPSA) is 30.2 Å². The van der Waals surface area contributed by atoms with Gasteiger partial charge < -0.3 is 4.42 Å². The van der Waals surface area contributed by atoms with E-state index in [1.807, 2.05) is 48.5 Å². The number of hydrogen-bond donors (Lipinski definition) is 0. The minimum Gasteiger partial charge on any atom is -0.455 e. The van der Waals surface area contributed by atoms with Crippen molar-refractivity contribution in [3.63, 3.8) is 0 Å². The van der Waals surface area contributed by atoms with E-state index in [0.717, 1.165) is 55.0 Å². The molecule has 0 radical (unpaired) electrons. The number of carbonyl (C=O) groups is 1. The molecule has 4 aromatic carbocycles. The quantitative estimate of drug-likeness (QED) is 0.346. The summed E-state index contributed by atoms with van der Waals surface area (Å²) >= 11 is 0. The molecule has 25 heavy (non-hydrogen) atoms. The summed E-state index contributed by atoms with van der Waals surface area (Å²) in [4.78, 5) is 12.7. The van der Waals surface area contributed by atoms with Gasteiger partial charge in [-0.1, -0.05) is 48.5 Å². The third-order valence-corrected chi connectivity index (χ3v) is 5.20. The third kappa shape index (κ3) is 1.56. The van der Waals surface area contributed by atoms with Gasteiger partial charge in [0.05, 0.1) is 0 Å². The Balaban J connectivity index is 1.79. The first kappa shape index (κ1) is 13.0. The molecule has 5 aromatic rings. The molecule has 0 fully saturated rings. The molecule has 0 atom stereocenters. The van der Waals surface area contributed by atoms with E-state index in [9.17, 15) is 4.79 Å². The molecular formula is C23H12O2. The average molecular weight is 320 g/mol. The molecule has 6 rings (SSSR count). The number of benzene rings is 4. The number of furan rings is 1. The van der Waals surface area contributed by atoms with E-state index in [1.165, 1.54) is 0 Å². The van der Waals surface area contributed by atoms with Gasteiger partial charge in [0.1, 0.15) is 11.2 Å². The van der Waals surface area contributed by atoms with Crippen LogP contribution in [0.2, 0.25) is 0 Å². The molecule has 2 heteroatoms. The van der Waals surface area contributed by atoms with E-state index in [-0.39, 0.29) is 5.78 Å². The van der Waals surface area contributed by atoms with Crippen molar-refractivity contribution >= 4 is 38.5 Å². The molecule has 116 valence electrons. The standard InChI is InChI=1S/C23H12O2/c24-22-16-7-2-1-5-14(16)19-12-18-13(11-20(19)22)9-10-17-15-6-3-4-8-21(15)25-23(17)18/h1-12H. The fourth-order valence-corrected chi connectivity index (χ4v) is 4.03. The van der Waals surface area contributed by atoms with E-state index in [4.69, 9.17) is 4.42 Å². The second-order valence-corrected chi connectivity index (χ2v) is 6.53. The second-order valence-electron chi connectivity index (χ2n) is 6.53. The lowest BCUT2D eigenvalue weighted by molar-refractivity contribution is 0.104. The first-order valence-corrected chi connectivity index (χ1v) is 8.33. The average Bonchev–Trinajstić information content (AvgIpc) is 3.17. The van der Waals surface area contributed by atoms with Gasteiger partial charge in [-0.05, 0) is 40.8 Å². The summed E-state index contributed by atoms with van der Waals surface area (Å²) in [5.41, 5.74) is 5.36. The fourth-order valence-electron chi connectivity index (χ4n) is 4.03. The minimum atomic E-state index is 0.109. The molecular weight excluding hydrogens is 308 g/mol. The summed E-state index contributed by atoms with van der Waals surface area (Å²) in [5.74, 6) is 0.109. The highest BCUT2D eigenvalue weighted by atomic mass is 16.3. The van der Waals surface area contributed by atoms with Crippen molar-refractivity contribution in [2.45, 2.75) is 0 Å². The van der Waals surface area contributed by atoms with Crippen LogP contribution in [-0.2, 0) is 0 Å². The van der Waals surface area contributed by atoms with Crippen LogP contribution in [0.25, 0.3) is 43.8 Å². The molecule has 0 N–H and O–H groups in total. The lowest BCUT2D eigenvalue weighted by atomic mass is 9.98. The lowest BCUT2D eigenvalue weighted by Crippen LogP contribution is -1.94. The highest BCUT2D eigenvalue weighted by Crippen LogP contribution is 2.41. The Morgan fingerprint density at radius 1 is 0.600 bits per heavy atom. The smallest absolute Gasteiger partial charge is 0.194 e. The zero-order valence-electron chi connectivity index (χ0n) is 13.2. The summed E-state index contributed by atoms with van der Waals surface area (Å²) in [5, 5.41) is 4.32. The van der Waals surface area contributed by atoms with Crippen molar-refractivity contribution in [1.29, 1.82) is 0 Å². The Kier molecular flexibility index (Phi) is 2.26. The number of fused-ring (bicyclic) bond motifs is 8. The van der Waals surface area contributed by atoms with Crippen LogP contribution >= 0.6 is 0 Å². The van der Waals surface area contributed by atoms with Crippen LogP contribution in [0, 0.1) is 0 Å². The first-order chi connectivity index (χ1) is 12.3. The number of hydrogen-bond acceptors (Lipinski definition) is 2. The van der Waals surface area contributed by atoms with E-state index < -0.39 is 0 Å². The highest BCUT2D eigenvalue weighted by Gasteiger charge is 2.27. The van der Waals surface area contributed by atoms with Crippen LogP contribution in [0.4, 0.5) is 0 Å². The Bertz CT molecular complexity index is 1360. The summed E-state index contributed by atoms with van der Waals surface area (Å²) in [6.45, 7) is 0. The molecule has 2 nitrogen and oxygen atoms in total. The van der Waals surface area contributed by atoms with Crippen LogP contribution in [0.3, 0.4) is 0 Å². The van der Waals surface area contributed by atoms with Gasteiger partial charge in [-0.15, -0.1) is 0 Å². The molecule has 1 aliphatic carbocycles. The van der Waals surface area contributed by atoms with Gasteiger partial charge in [-0.2, -0.15) is 0 Å². The highest BCUT2D eigenvalue weighted by molar-refractivity contribution is 6.25. The van der Waals surface area contributed by atoms with Gasteiger partial charge in [-0.25, -0.2) is 0 Å². The molecule has 0 aliphatic heterocycles. The maximum Gasteiger partial charge on any atom is 0.194 e. The van der Waals surface area contributed by atoms with Crippen molar-refractivity contribution in [3.05, 3.63) is 83.9 Å². The molecule has 1 aliphatic rings.